The summed E-state index contributed by atoms with van der Waals surface area (Å²) >= 11 is 3.14. The van der Waals surface area contributed by atoms with Gasteiger partial charge in [-0.2, -0.15) is 0 Å². The molecule has 0 radical (unpaired) electrons. The van der Waals surface area contributed by atoms with Crippen molar-refractivity contribution >= 4 is 21.8 Å². The van der Waals surface area contributed by atoms with Gasteiger partial charge in [-0.05, 0) is 53.9 Å². The van der Waals surface area contributed by atoms with Crippen molar-refractivity contribution in [3.05, 3.63) is 34.1 Å². The van der Waals surface area contributed by atoms with Crippen molar-refractivity contribution in [3.8, 4) is 0 Å². The summed E-state index contributed by atoms with van der Waals surface area (Å²) in [4.78, 5) is 14.2. The zero-order chi connectivity index (χ0) is 15.2. The number of hydrogen-bond donors (Lipinski definition) is 1. The predicted octanol–water partition coefficient (Wildman–Crippen LogP) is 2.56. The Balaban J connectivity index is 1.90. The van der Waals surface area contributed by atoms with E-state index in [4.69, 9.17) is 10.5 Å². The minimum Gasteiger partial charge on any atom is -0.378 e. The van der Waals surface area contributed by atoms with Crippen LogP contribution in [0.5, 0.6) is 0 Å². The lowest BCUT2D eigenvalue weighted by molar-refractivity contribution is 0.00841. The molecule has 6 heteroatoms. The van der Waals surface area contributed by atoms with E-state index in [1.54, 1.807) is 17.0 Å². The Bertz CT molecular complexity index is 491. The van der Waals surface area contributed by atoms with E-state index in [-0.39, 0.29) is 16.5 Å². The molecule has 1 aliphatic rings. The Morgan fingerprint density at radius 1 is 1.43 bits per heavy atom. The van der Waals surface area contributed by atoms with Crippen molar-refractivity contribution in [1.29, 1.82) is 0 Å². The molecule has 1 amide bonds. The molecule has 0 saturated carbocycles. The van der Waals surface area contributed by atoms with Crippen LogP contribution in [0.2, 0.25) is 0 Å². The number of carbonyl (C=O) groups excluding carboxylic acids is 1. The molecular formula is C15H20BrFN2O2. The summed E-state index contributed by atoms with van der Waals surface area (Å²) in [6.07, 6.45) is 2.67. The lowest BCUT2D eigenvalue weighted by Gasteiger charge is -2.32. The number of rotatable bonds is 5. The van der Waals surface area contributed by atoms with E-state index < -0.39 is 5.82 Å². The van der Waals surface area contributed by atoms with Gasteiger partial charge in [0.1, 0.15) is 5.82 Å². The molecule has 0 spiro atoms. The fourth-order valence-electron chi connectivity index (χ4n) is 2.40. The van der Waals surface area contributed by atoms with E-state index in [2.05, 4.69) is 15.9 Å². The Hall–Kier alpha value is -0.980. The number of hydrogen-bond acceptors (Lipinski definition) is 3. The Kier molecular flexibility index (Phi) is 6.14. The SMILES string of the molecule is NCCCOC1CCN(C(=O)c2cccc(F)c2Br)CC1. The van der Waals surface area contributed by atoms with Gasteiger partial charge in [0.25, 0.3) is 5.91 Å². The van der Waals surface area contributed by atoms with Gasteiger partial charge < -0.3 is 15.4 Å². The molecule has 1 heterocycles. The molecule has 1 aromatic carbocycles. The van der Waals surface area contributed by atoms with Gasteiger partial charge in [-0.25, -0.2) is 4.39 Å². The van der Waals surface area contributed by atoms with Crippen LogP contribution in [0.1, 0.15) is 29.6 Å². The molecule has 0 bridgehead atoms. The fraction of sp³-hybridized carbons (Fsp3) is 0.533. The predicted molar refractivity (Wildman–Crippen MR) is 82.6 cm³/mol. The summed E-state index contributed by atoms with van der Waals surface area (Å²) in [6, 6.07) is 4.52. The first kappa shape index (κ1) is 16.4. The van der Waals surface area contributed by atoms with Crippen LogP contribution in [-0.4, -0.2) is 43.2 Å². The number of carbonyl (C=O) groups is 1. The van der Waals surface area contributed by atoms with Crippen LogP contribution in [0.4, 0.5) is 4.39 Å². The molecular weight excluding hydrogens is 339 g/mol. The third kappa shape index (κ3) is 4.25. The molecule has 4 nitrogen and oxygen atoms in total. The minimum absolute atomic E-state index is 0.137. The summed E-state index contributed by atoms with van der Waals surface area (Å²) in [5.41, 5.74) is 5.80. The number of nitrogens with two attached hydrogens (primary N) is 1. The van der Waals surface area contributed by atoms with Crippen molar-refractivity contribution in [3.63, 3.8) is 0 Å². The second kappa shape index (κ2) is 7.87. The summed E-state index contributed by atoms with van der Waals surface area (Å²) in [5.74, 6) is -0.553. The number of halogens is 2. The van der Waals surface area contributed by atoms with Gasteiger partial charge in [-0.1, -0.05) is 6.07 Å². The number of amides is 1. The summed E-state index contributed by atoms with van der Waals surface area (Å²) < 4.78 is 19.4. The van der Waals surface area contributed by atoms with Crippen molar-refractivity contribution in [2.24, 2.45) is 5.73 Å². The van der Waals surface area contributed by atoms with Gasteiger partial charge in [0.2, 0.25) is 0 Å². The van der Waals surface area contributed by atoms with Crippen molar-refractivity contribution in [2.45, 2.75) is 25.4 Å². The maximum Gasteiger partial charge on any atom is 0.255 e. The molecule has 2 N–H and O–H groups in total. The molecule has 2 rings (SSSR count). The third-order valence-electron chi connectivity index (χ3n) is 3.61. The van der Waals surface area contributed by atoms with Gasteiger partial charge in [0.15, 0.2) is 0 Å². The first-order chi connectivity index (χ1) is 10.1. The van der Waals surface area contributed by atoms with Crippen molar-refractivity contribution in [1.82, 2.24) is 4.90 Å². The summed E-state index contributed by atoms with van der Waals surface area (Å²) in [6.45, 7) is 2.57. The molecule has 1 aromatic rings. The van der Waals surface area contributed by atoms with Crippen LogP contribution in [0.25, 0.3) is 0 Å². The van der Waals surface area contributed by atoms with Crippen LogP contribution >= 0.6 is 15.9 Å². The lowest BCUT2D eigenvalue weighted by Crippen LogP contribution is -2.41. The standard InChI is InChI=1S/C15H20BrFN2O2/c16-14-12(3-1-4-13(14)17)15(20)19-8-5-11(6-9-19)21-10-2-7-18/h1,3-4,11H,2,5-10,18H2. The van der Waals surface area contributed by atoms with E-state index in [9.17, 15) is 9.18 Å². The van der Waals surface area contributed by atoms with Crippen molar-refractivity contribution < 1.29 is 13.9 Å². The van der Waals surface area contributed by atoms with Crippen molar-refractivity contribution in [2.75, 3.05) is 26.2 Å². The highest BCUT2D eigenvalue weighted by atomic mass is 79.9. The normalized spacial score (nSPS) is 16.2. The number of ether oxygens (including phenoxy) is 1. The number of likely N-dealkylation sites (tertiary alicyclic amines) is 1. The molecule has 0 aliphatic carbocycles. The molecule has 1 saturated heterocycles. The zero-order valence-electron chi connectivity index (χ0n) is 11.9. The second-order valence-electron chi connectivity index (χ2n) is 5.11. The molecule has 1 fully saturated rings. The molecule has 116 valence electrons. The topological polar surface area (TPSA) is 55.6 Å². The fourth-order valence-corrected chi connectivity index (χ4v) is 2.83. The highest BCUT2D eigenvalue weighted by molar-refractivity contribution is 9.10. The van der Waals surface area contributed by atoms with Crippen LogP contribution in [0.3, 0.4) is 0 Å². The monoisotopic (exact) mass is 358 g/mol. The quantitative estimate of drug-likeness (QED) is 0.823. The summed E-state index contributed by atoms with van der Waals surface area (Å²) in [5, 5.41) is 0. The Morgan fingerprint density at radius 2 is 2.14 bits per heavy atom. The first-order valence-electron chi connectivity index (χ1n) is 7.18. The van der Waals surface area contributed by atoms with E-state index in [1.807, 2.05) is 0 Å². The van der Waals surface area contributed by atoms with Gasteiger partial charge in [-0.15, -0.1) is 0 Å². The Morgan fingerprint density at radius 3 is 2.81 bits per heavy atom. The minimum atomic E-state index is -0.416. The number of benzene rings is 1. The van der Waals surface area contributed by atoms with Gasteiger partial charge in [0.05, 0.1) is 16.1 Å². The van der Waals surface area contributed by atoms with Crippen LogP contribution in [-0.2, 0) is 4.74 Å². The Labute approximate surface area is 132 Å². The second-order valence-corrected chi connectivity index (χ2v) is 5.90. The van der Waals surface area contributed by atoms with Gasteiger partial charge in [-0.3, -0.25) is 4.79 Å². The van der Waals surface area contributed by atoms with E-state index in [0.717, 1.165) is 19.3 Å². The lowest BCUT2D eigenvalue weighted by atomic mass is 10.1. The molecule has 21 heavy (non-hydrogen) atoms. The van der Waals surface area contributed by atoms with E-state index in [1.165, 1.54) is 6.07 Å². The van der Waals surface area contributed by atoms with E-state index >= 15 is 0 Å². The number of nitrogens with zero attached hydrogens (tertiary/aromatic N) is 1. The molecule has 1 aliphatic heterocycles. The van der Waals surface area contributed by atoms with Crippen LogP contribution in [0, 0.1) is 5.82 Å². The molecule has 0 unspecified atom stereocenters. The highest BCUT2D eigenvalue weighted by Gasteiger charge is 2.25. The first-order valence-corrected chi connectivity index (χ1v) is 7.97. The third-order valence-corrected chi connectivity index (χ3v) is 4.42. The van der Waals surface area contributed by atoms with E-state index in [0.29, 0.717) is 31.8 Å². The van der Waals surface area contributed by atoms with Gasteiger partial charge in [0, 0.05) is 19.7 Å². The highest BCUT2D eigenvalue weighted by Crippen LogP contribution is 2.23. The molecule has 0 atom stereocenters. The average Bonchev–Trinajstić information content (AvgIpc) is 2.50. The van der Waals surface area contributed by atoms with Gasteiger partial charge >= 0.3 is 0 Å². The summed E-state index contributed by atoms with van der Waals surface area (Å²) in [7, 11) is 0. The number of piperidine rings is 1. The maximum atomic E-state index is 13.5. The maximum absolute atomic E-state index is 13.5. The van der Waals surface area contributed by atoms with Crippen LogP contribution in [0.15, 0.2) is 22.7 Å². The zero-order valence-corrected chi connectivity index (χ0v) is 13.4. The van der Waals surface area contributed by atoms with Crippen LogP contribution < -0.4 is 5.73 Å². The largest absolute Gasteiger partial charge is 0.378 e. The smallest absolute Gasteiger partial charge is 0.255 e. The molecule has 0 aromatic heterocycles. The average molecular weight is 359 g/mol.